The molecule has 21 heavy (non-hydrogen) atoms. The number of imidazole rings is 1. The molecule has 0 aliphatic carbocycles. The fourth-order valence-electron chi connectivity index (χ4n) is 3.15. The SMILES string of the molecule is Cc1cc2n(CCN3CCOCC3)c3ccccc3n2n1. The van der Waals surface area contributed by atoms with E-state index < -0.39 is 0 Å². The quantitative estimate of drug-likeness (QED) is 0.737. The summed E-state index contributed by atoms with van der Waals surface area (Å²) in [4.78, 5) is 2.47. The smallest absolute Gasteiger partial charge is 0.137 e. The molecule has 3 aromatic rings. The van der Waals surface area contributed by atoms with Crippen LogP contribution in [0.25, 0.3) is 16.7 Å². The Morgan fingerprint density at radius 1 is 1.10 bits per heavy atom. The Hall–Kier alpha value is -1.85. The van der Waals surface area contributed by atoms with Crippen LogP contribution < -0.4 is 0 Å². The molecule has 110 valence electrons. The van der Waals surface area contributed by atoms with E-state index in [0.29, 0.717) is 0 Å². The molecular formula is C16H20N4O. The van der Waals surface area contributed by atoms with Crippen LogP contribution in [0.3, 0.4) is 0 Å². The van der Waals surface area contributed by atoms with Crippen molar-refractivity contribution in [3.63, 3.8) is 0 Å². The maximum absolute atomic E-state index is 5.42. The summed E-state index contributed by atoms with van der Waals surface area (Å²) in [6.07, 6.45) is 0. The minimum atomic E-state index is 0.855. The molecule has 0 atom stereocenters. The van der Waals surface area contributed by atoms with Crippen LogP contribution in [0.5, 0.6) is 0 Å². The maximum atomic E-state index is 5.42. The van der Waals surface area contributed by atoms with Gasteiger partial charge in [-0.2, -0.15) is 5.10 Å². The van der Waals surface area contributed by atoms with Gasteiger partial charge in [-0.05, 0) is 19.1 Å². The molecule has 0 bridgehead atoms. The third-order valence-corrected chi connectivity index (χ3v) is 4.23. The topological polar surface area (TPSA) is 34.7 Å². The number of para-hydroxylation sites is 2. The Balaban J connectivity index is 1.71. The van der Waals surface area contributed by atoms with Crippen LogP contribution in [0.15, 0.2) is 30.3 Å². The fourth-order valence-corrected chi connectivity index (χ4v) is 3.15. The molecule has 1 saturated heterocycles. The van der Waals surface area contributed by atoms with Crippen LogP contribution in [-0.2, 0) is 11.3 Å². The van der Waals surface area contributed by atoms with Crippen molar-refractivity contribution in [3.8, 4) is 0 Å². The molecule has 0 amide bonds. The van der Waals surface area contributed by atoms with Crippen molar-refractivity contribution >= 4 is 16.7 Å². The maximum Gasteiger partial charge on any atom is 0.137 e. The average molecular weight is 284 g/mol. The van der Waals surface area contributed by atoms with Gasteiger partial charge in [-0.1, -0.05) is 12.1 Å². The average Bonchev–Trinajstić information content (AvgIpc) is 3.02. The lowest BCUT2D eigenvalue weighted by Gasteiger charge is -2.26. The van der Waals surface area contributed by atoms with Crippen molar-refractivity contribution in [1.29, 1.82) is 0 Å². The molecule has 1 aliphatic heterocycles. The highest BCUT2D eigenvalue weighted by Crippen LogP contribution is 2.21. The van der Waals surface area contributed by atoms with Gasteiger partial charge in [-0.25, -0.2) is 4.52 Å². The van der Waals surface area contributed by atoms with Gasteiger partial charge in [0.1, 0.15) is 5.65 Å². The lowest BCUT2D eigenvalue weighted by molar-refractivity contribution is 0.0366. The summed E-state index contributed by atoms with van der Waals surface area (Å²) in [5, 5.41) is 4.62. The number of ether oxygens (including phenoxy) is 1. The van der Waals surface area contributed by atoms with E-state index in [1.54, 1.807) is 0 Å². The highest BCUT2D eigenvalue weighted by atomic mass is 16.5. The van der Waals surface area contributed by atoms with Crippen LogP contribution >= 0.6 is 0 Å². The fraction of sp³-hybridized carbons (Fsp3) is 0.438. The normalized spacial score (nSPS) is 17.0. The van der Waals surface area contributed by atoms with Crippen LogP contribution in [0, 0.1) is 6.92 Å². The van der Waals surface area contributed by atoms with Gasteiger partial charge in [0.25, 0.3) is 0 Å². The van der Waals surface area contributed by atoms with Gasteiger partial charge in [0, 0.05) is 32.2 Å². The lowest BCUT2D eigenvalue weighted by atomic mass is 10.3. The van der Waals surface area contributed by atoms with Crippen molar-refractivity contribution in [3.05, 3.63) is 36.0 Å². The van der Waals surface area contributed by atoms with Crippen molar-refractivity contribution in [1.82, 2.24) is 19.1 Å². The standard InChI is InChI=1S/C16H20N4O/c1-13-12-16-19(7-6-18-8-10-21-11-9-18)14-4-2-3-5-15(14)20(16)17-13/h2-5,12H,6-11H2,1H3. The lowest BCUT2D eigenvalue weighted by Crippen LogP contribution is -2.38. The molecule has 1 fully saturated rings. The van der Waals surface area contributed by atoms with Gasteiger partial charge in [0.05, 0.1) is 29.9 Å². The van der Waals surface area contributed by atoms with Gasteiger partial charge in [-0.3, -0.25) is 4.90 Å². The van der Waals surface area contributed by atoms with Crippen LogP contribution in [0.2, 0.25) is 0 Å². The summed E-state index contributed by atoms with van der Waals surface area (Å²) in [6, 6.07) is 10.7. The Morgan fingerprint density at radius 3 is 2.67 bits per heavy atom. The monoisotopic (exact) mass is 284 g/mol. The van der Waals surface area contributed by atoms with E-state index in [2.05, 4.69) is 49.4 Å². The molecular weight excluding hydrogens is 264 g/mol. The summed E-state index contributed by atoms with van der Waals surface area (Å²) in [5.41, 5.74) is 4.69. The molecule has 5 heteroatoms. The van der Waals surface area contributed by atoms with Gasteiger partial charge in [0.15, 0.2) is 0 Å². The minimum Gasteiger partial charge on any atom is -0.379 e. The largest absolute Gasteiger partial charge is 0.379 e. The Bertz CT molecular complexity index is 767. The molecule has 4 rings (SSSR count). The highest BCUT2D eigenvalue weighted by Gasteiger charge is 2.14. The Labute approximate surface area is 123 Å². The number of aromatic nitrogens is 3. The second-order valence-corrected chi connectivity index (χ2v) is 5.65. The summed E-state index contributed by atoms with van der Waals surface area (Å²) < 4.78 is 9.86. The predicted molar refractivity (Wildman–Crippen MR) is 82.7 cm³/mol. The van der Waals surface area contributed by atoms with E-state index in [9.17, 15) is 0 Å². The molecule has 3 heterocycles. The second kappa shape index (κ2) is 5.16. The van der Waals surface area contributed by atoms with E-state index >= 15 is 0 Å². The van der Waals surface area contributed by atoms with Gasteiger partial charge in [-0.15, -0.1) is 0 Å². The first-order valence-corrected chi connectivity index (χ1v) is 7.56. The Morgan fingerprint density at radius 2 is 1.86 bits per heavy atom. The molecule has 0 N–H and O–H groups in total. The first-order valence-electron chi connectivity index (χ1n) is 7.56. The van der Waals surface area contributed by atoms with Crippen molar-refractivity contribution < 1.29 is 4.74 Å². The molecule has 0 radical (unpaired) electrons. The van der Waals surface area contributed by atoms with Gasteiger partial charge < -0.3 is 9.30 Å². The second-order valence-electron chi connectivity index (χ2n) is 5.65. The van der Waals surface area contributed by atoms with Gasteiger partial charge in [0.2, 0.25) is 0 Å². The van der Waals surface area contributed by atoms with Gasteiger partial charge >= 0.3 is 0 Å². The number of fused-ring (bicyclic) bond motifs is 3. The number of aryl methyl sites for hydroxylation is 1. The van der Waals surface area contributed by atoms with Crippen molar-refractivity contribution in [2.75, 3.05) is 32.8 Å². The molecule has 0 saturated carbocycles. The van der Waals surface area contributed by atoms with E-state index in [1.807, 2.05) is 6.92 Å². The van der Waals surface area contributed by atoms with E-state index in [1.165, 1.54) is 16.7 Å². The summed E-state index contributed by atoms with van der Waals surface area (Å²) in [7, 11) is 0. The van der Waals surface area contributed by atoms with E-state index in [-0.39, 0.29) is 0 Å². The number of rotatable bonds is 3. The van der Waals surface area contributed by atoms with Crippen LogP contribution in [0.4, 0.5) is 0 Å². The van der Waals surface area contributed by atoms with Crippen LogP contribution in [0.1, 0.15) is 5.69 Å². The van der Waals surface area contributed by atoms with Crippen LogP contribution in [-0.4, -0.2) is 51.9 Å². The summed E-state index contributed by atoms with van der Waals surface area (Å²) >= 11 is 0. The molecule has 2 aromatic heterocycles. The zero-order valence-corrected chi connectivity index (χ0v) is 12.3. The number of benzene rings is 1. The Kier molecular flexibility index (Phi) is 3.16. The first-order chi connectivity index (χ1) is 10.3. The zero-order valence-electron chi connectivity index (χ0n) is 12.3. The molecule has 1 aromatic carbocycles. The van der Waals surface area contributed by atoms with E-state index in [4.69, 9.17) is 4.74 Å². The predicted octanol–water partition coefficient (Wildman–Crippen LogP) is 1.93. The molecule has 1 aliphatic rings. The molecule has 0 unspecified atom stereocenters. The highest BCUT2D eigenvalue weighted by molar-refractivity contribution is 5.81. The minimum absolute atomic E-state index is 0.855. The number of nitrogens with zero attached hydrogens (tertiary/aromatic N) is 4. The van der Waals surface area contributed by atoms with Crippen molar-refractivity contribution in [2.24, 2.45) is 0 Å². The third kappa shape index (κ3) is 2.22. The third-order valence-electron chi connectivity index (χ3n) is 4.23. The zero-order chi connectivity index (χ0) is 14.2. The summed E-state index contributed by atoms with van der Waals surface area (Å²) in [6.45, 7) is 7.88. The van der Waals surface area contributed by atoms with Crippen molar-refractivity contribution in [2.45, 2.75) is 13.5 Å². The number of hydrogen-bond acceptors (Lipinski definition) is 3. The number of hydrogen-bond donors (Lipinski definition) is 0. The van der Waals surface area contributed by atoms with E-state index in [0.717, 1.165) is 45.1 Å². The summed E-state index contributed by atoms with van der Waals surface area (Å²) in [5.74, 6) is 0. The molecule has 0 spiro atoms. The number of morpholine rings is 1. The first kappa shape index (κ1) is 12.9. The molecule has 5 nitrogen and oxygen atoms in total.